The van der Waals surface area contributed by atoms with Crippen molar-refractivity contribution in [2.45, 2.75) is 37.8 Å². The van der Waals surface area contributed by atoms with Crippen molar-refractivity contribution >= 4 is 0 Å². The molecule has 4 nitrogen and oxygen atoms in total. The predicted molar refractivity (Wildman–Crippen MR) is 61.9 cm³/mol. The fourth-order valence-corrected chi connectivity index (χ4v) is 2.50. The van der Waals surface area contributed by atoms with Crippen LogP contribution in [0.1, 0.15) is 25.7 Å². The van der Waals surface area contributed by atoms with Crippen LogP contribution >= 0.6 is 0 Å². The molecule has 0 saturated heterocycles. The van der Waals surface area contributed by atoms with Crippen molar-refractivity contribution in [3.63, 3.8) is 0 Å². The van der Waals surface area contributed by atoms with Gasteiger partial charge in [-0.25, -0.2) is 0 Å². The van der Waals surface area contributed by atoms with Gasteiger partial charge in [0.05, 0.1) is 24.7 Å². The van der Waals surface area contributed by atoms with Crippen LogP contribution in [0.2, 0.25) is 0 Å². The van der Waals surface area contributed by atoms with Crippen molar-refractivity contribution in [2.24, 2.45) is 5.92 Å². The molecule has 0 aromatic heterocycles. The maximum atomic E-state index is 9.66. The van der Waals surface area contributed by atoms with E-state index in [0.29, 0.717) is 19.2 Å². The summed E-state index contributed by atoms with van der Waals surface area (Å²) in [6.45, 7) is 0.935. The van der Waals surface area contributed by atoms with Crippen LogP contribution in [0.5, 0.6) is 0 Å². The minimum Gasteiger partial charge on any atom is -0.389 e. The van der Waals surface area contributed by atoms with E-state index in [1.807, 2.05) is 7.05 Å². The van der Waals surface area contributed by atoms with Gasteiger partial charge in [0.2, 0.25) is 0 Å². The van der Waals surface area contributed by atoms with Crippen LogP contribution in [0.25, 0.3) is 0 Å². The van der Waals surface area contributed by atoms with E-state index in [4.69, 9.17) is 10.00 Å². The van der Waals surface area contributed by atoms with Gasteiger partial charge >= 0.3 is 0 Å². The van der Waals surface area contributed by atoms with Crippen molar-refractivity contribution < 1.29 is 9.84 Å². The first kappa shape index (κ1) is 13.4. The summed E-state index contributed by atoms with van der Waals surface area (Å²) in [7, 11) is 3.57. The molecular formula is C12H22N2O2. The highest BCUT2D eigenvalue weighted by Gasteiger charge is 2.28. The number of ether oxygens (including phenoxy) is 1. The number of hydrogen-bond acceptors (Lipinski definition) is 4. The minimum atomic E-state index is -0.462. The number of methoxy groups -OCH3 is 1. The third kappa shape index (κ3) is 3.75. The largest absolute Gasteiger partial charge is 0.389 e. The SMILES string of the molecule is COCC(O)CN(C)C1CCCCC1C#N. The normalized spacial score (nSPS) is 27.7. The van der Waals surface area contributed by atoms with Crippen LogP contribution in [-0.4, -0.2) is 49.5 Å². The summed E-state index contributed by atoms with van der Waals surface area (Å²) < 4.78 is 4.90. The average Bonchev–Trinajstić information content (AvgIpc) is 2.29. The highest BCUT2D eigenvalue weighted by Crippen LogP contribution is 2.27. The van der Waals surface area contributed by atoms with Crippen LogP contribution in [0.3, 0.4) is 0 Å². The minimum absolute atomic E-state index is 0.119. The third-order valence-corrected chi connectivity index (χ3v) is 3.32. The summed E-state index contributed by atoms with van der Waals surface area (Å²) in [6.07, 6.45) is 3.94. The Kier molecular flexibility index (Phi) is 5.75. The van der Waals surface area contributed by atoms with Crippen LogP contribution in [0.15, 0.2) is 0 Å². The molecule has 16 heavy (non-hydrogen) atoms. The number of likely N-dealkylation sites (N-methyl/N-ethyl adjacent to an activating group) is 1. The summed E-state index contributed by atoms with van der Waals surface area (Å²) in [5.74, 6) is 0.119. The van der Waals surface area contributed by atoms with Gasteiger partial charge < -0.3 is 9.84 Å². The van der Waals surface area contributed by atoms with Gasteiger partial charge in [-0.15, -0.1) is 0 Å². The second-order valence-electron chi connectivity index (χ2n) is 4.64. The Morgan fingerprint density at radius 3 is 2.81 bits per heavy atom. The van der Waals surface area contributed by atoms with Crippen LogP contribution in [0.4, 0.5) is 0 Å². The van der Waals surface area contributed by atoms with E-state index in [1.54, 1.807) is 7.11 Å². The molecule has 4 heteroatoms. The van der Waals surface area contributed by atoms with Gasteiger partial charge in [0.1, 0.15) is 0 Å². The van der Waals surface area contributed by atoms with E-state index in [2.05, 4.69) is 11.0 Å². The van der Waals surface area contributed by atoms with Crippen molar-refractivity contribution in [2.75, 3.05) is 27.3 Å². The summed E-state index contributed by atoms with van der Waals surface area (Å²) in [5.41, 5.74) is 0. The monoisotopic (exact) mass is 226 g/mol. The smallest absolute Gasteiger partial charge is 0.0900 e. The molecule has 1 saturated carbocycles. The molecule has 1 aliphatic carbocycles. The lowest BCUT2D eigenvalue weighted by Gasteiger charge is -2.35. The Morgan fingerprint density at radius 1 is 1.50 bits per heavy atom. The lowest BCUT2D eigenvalue weighted by Crippen LogP contribution is -2.44. The molecule has 0 aromatic rings. The topological polar surface area (TPSA) is 56.5 Å². The van der Waals surface area contributed by atoms with Gasteiger partial charge in [-0.2, -0.15) is 5.26 Å². The number of aliphatic hydroxyl groups excluding tert-OH is 1. The lowest BCUT2D eigenvalue weighted by molar-refractivity contribution is 0.0249. The number of hydrogen-bond donors (Lipinski definition) is 1. The van der Waals surface area contributed by atoms with Gasteiger partial charge in [-0.3, -0.25) is 4.90 Å². The Balaban J connectivity index is 2.44. The van der Waals surface area contributed by atoms with E-state index in [0.717, 1.165) is 19.3 Å². The molecule has 3 atom stereocenters. The zero-order chi connectivity index (χ0) is 12.0. The first-order valence-corrected chi connectivity index (χ1v) is 5.96. The number of nitrogens with zero attached hydrogens (tertiary/aromatic N) is 2. The van der Waals surface area contributed by atoms with Crippen molar-refractivity contribution in [3.05, 3.63) is 0 Å². The van der Waals surface area contributed by atoms with Gasteiger partial charge in [-0.1, -0.05) is 12.8 Å². The van der Waals surface area contributed by atoms with Crippen LogP contribution in [-0.2, 0) is 4.74 Å². The van der Waals surface area contributed by atoms with Crippen molar-refractivity contribution in [1.29, 1.82) is 5.26 Å². The first-order valence-electron chi connectivity index (χ1n) is 5.96. The summed E-state index contributed by atoms with van der Waals surface area (Å²) >= 11 is 0. The quantitative estimate of drug-likeness (QED) is 0.760. The standard InChI is InChI=1S/C12H22N2O2/c1-14(8-11(15)9-16-2)12-6-4-3-5-10(12)7-13/h10-12,15H,3-6,8-9H2,1-2H3. The molecule has 0 bridgehead atoms. The fraction of sp³-hybridized carbons (Fsp3) is 0.917. The Bertz CT molecular complexity index is 240. The van der Waals surface area contributed by atoms with E-state index in [-0.39, 0.29) is 5.92 Å². The van der Waals surface area contributed by atoms with Crippen molar-refractivity contribution in [1.82, 2.24) is 4.90 Å². The maximum Gasteiger partial charge on any atom is 0.0900 e. The molecule has 1 N–H and O–H groups in total. The van der Waals surface area contributed by atoms with E-state index in [1.165, 1.54) is 6.42 Å². The number of aliphatic hydroxyl groups is 1. The van der Waals surface area contributed by atoms with Crippen LogP contribution < -0.4 is 0 Å². The second kappa shape index (κ2) is 6.85. The maximum absolute atomic E-state index is 9.66. The Labute approximate surface area is 97.8 Å². The lowest BCUT2D eigenvalue weighted by atomic mass is 9.84. The fourth-order valence-electron chi connectivity index (χ4n) is 2.50. The summed E-state index contributed by atoms with van der Waals surface area (Å²) in [6, 6.07) is 2.68. The molecule has 0 aliphatic heterocycles. The number of nitriles is 1. The second-order valence-corrected chi connectivity index (χ2v) is 4.64. The highest BCUT2D eigenvalue weighted by atomic mass is 16.5. The molecule has 0 spiro atoms. The Morgan fingerprint density at radius 2 is 2.19 bits per heavy atom. The highest BCUT2D eigenvalue weighted by molar-refractivity contribution is 4.95. The Hall–Kier alpha value is -0.630. The molecule has 1 aliphatic rings. The van der Waals surface area contributed by atoms with Gasteiger partial charge in [0.15, 0.2) is 0 Å². The average molecular weight is 226 g/mol. The van der Waals surface area contributed by atoms with Gasteiger partial charge in [0, 0.05) is 19.7 Å². The third-order valence-electron chi connectivity index (χ3n) is 3.32. The van der Waals surface area contributed by atoms with Crippen LogP contribution in [0, 0.1) is 17.2 Å². The van der Waals surface area contributed by atoms with E-state index >= 15 is 0 Å². The number of rotatable bonds is 5. The summed E-state index contributed by atoms with van der Waals surface area (Å²) in [4.78, 5) is 2.11. The zero-order valence-electron chi connectivity index (χ0n) is 10.2. The predicted octanol–water partition coefficient (Wildman–Crippen LogP) is 1.01. The molecule has 0 amide bonds. The summed E-state index contributed by atoms with van der Waals surface area (Å²) in [5, 5.41) is 18.7. The molecule has 1 rings (SSSR count). The molecule has 3 unspecified atom stereocenters. The molecule has 0 aromatic carbocycles. The molecule has 0 radical (unpaired) electrons. The van der Waals surface area contributed by atoms with Crippen molar-refractivity contribution in [3.8, 4) is 6.07 Å². The van der Waals surface area contributed by atoms with Gasteiger partial charge in [-0.05, 0) is 19.9 Å². The molecule has 0 heterocycles. The van der Waals surface area contributed by atoms with E-state index < -0.39 is 6.10 Å². The molecular weight excluding hydrogens is 204 g/mol. The van der Waals surface area contributed by atoms with Gasteiger partial charge in [0.25, 0.3) is 0 Å². The first-order chi connectivity index (χ1) is 7.69. The molecule has 92 valence electrons. The molecule has 1 fully saturated rings. The zero-order valence-corrected chi connectivity index (χ0v) is 10.2. The van der Waals surface area contributed by atoms with E-state index in [9.17, 15) is 5.11 Å².